The number of piperazine rings is 1. The maximum Gasteiger partial charge on any atom is 0.228 e. The van der Waals surface area contributed by atoms with Crippen LogP contribution in [0.15, 0.2) is 5.38 Å². The number of amides is 1. The van der Waals surface area contributed by atoms with Gasteiger partial charge in [0.15, 0.2) is 0 Å². The van der Waals surface area contributed by atoms with Crippen LogP contribution in [0.2, 0.25) is 0 Å². The van der Waals surface area contributed by atoms with Crippen molar-refractivity contribution < 1.29 is 4.79 Å². The zero-order chi connectivity index (χ0) is 13.2. The molecule has 0 aliphatic carbocycles. The van der Waals surface area contributed by atoms with E-state index in [9.17, 15) is 4.79 Å². The number of nitrogens with zero attached hydrogens (tertiary/aromatic N) is 3. The third kappa shape index (κ3) is 2.96. The number of thiazole rings is 1. The van der Waals surface area contributed by atoms with Gasteiger partial charge in [-0.3, -0.25) is 9.69 Å². The highest BCUT2D eigenvalue weighted by atomic mass is 32.1. The molecule has 0 bridgehead atoms. The van der Waals surface area contributed by atoms with Crippen LogP contribution in [0.3, 0.4) is 0 Å². The molecule has 0 radical (unpaired) electrons. The van der Waals surface area contributed by atoms with Gasteiger partial charge in [-0.15, -0.1) is 11.3 Å². The van der Waals surface area contributed by atoms with Gasteiger partial charge in [0.1, 0.15) is 0 Å². The highest BCUT2D eigenvalue weighted by molar-refractivity contribution is 7.09. The molecule has 2 saturated heterocycles. The summed E-state index contributed by atoms with van der Waals surface area (Å²) in [6, 6.07) is 0. The molecule has 1 N–H and O–H groups in total. The third-order valence-corrected chi connectivity index (χ3v) is 4.69. The molecule has 1 aromatic heterocycles. The summed E-state index contributed by atoms with van der Waals surface area (Å²) in [7, 11) is 0. The lowest BCUT2D eigenvalue weighted by molar-refractivity contribution is -0.138. The number of carbonyl (C=O) groups excluding carboxylic acids is 1. The van der Waals surface area contributed by atoms with Crippen LogP contribution >= 0.6 is 11.3 Å². The van der Waals surface area contributed by atoms with Crippen LogP contribution in [-0.4, -0.2) is 60.0 Å². The monoisotopic (exact) mass is 280 g/mol. The maximum absolute atomic E-state index is 12.1. The number of carbonyl (C=O) groups is 1. The molecule has 1 amide bonds. The number of hydrogen-bond acceptors (Lipinski definition) is 5. The van der Waals surface area contributed by atoms with Crippen molar-refractivity contribution in [1.82, 2.24) is 20.1 Å². The first-order chi connectivity index (χ1) is 9.22. The minimum atomic E-state index is 0.229. The Morgan fingerprint density at radius 3 is 2.68 bits per heavy atom. The Kier molecular flexibility index (Phi) is 3.81. The van der Waals surface area contributed by atoms with Gasteiger partial charge in [0.05, 0.1) is 16.6 Å². The summed E-state index contributed by atoms with van der Waals surface area (Å²) >= 11 is 1.70. The van der Waals surface area contributed by atoms with Crippen molar-refractivity contribution in [2.45, 2.75) is 13.5 Å². The third-order valence-electron chi connectivity index (χ3n) is 3.87. The Hall–Kier alpha value is -0.980. The second kappa shape index (κ2) is 5.56. The molecule has 0 aromatic carbocycles. The Labute approximate surface area is 117 Å². The zero-order valence-electron chi connectivity index (χ0n) is 11.3. The van der Waals surface area contributed by atoms with Gasteiger partial charge in [0, 0.05) is 51.2 Å². The fourth-order valence-corrected chi connectivity index (χ4v) is 3.16. The maximum atomic E-state index is 12.1. The molecule has 0 spiro atoms. The second-order valence-electron chi connectivity index (χ2n) is 5.31. The molecule has 3 rings (SSSR count). The van der Waals surface area contributed by atoms with Crippen LogP contribution in [0.5, 0.6) is 0 Å². The average molecular weight is 280 g/mol. The molecular formula is C13H20N4OS. The lowest BCUT2D eigenvalue weighted by atomic mass is 10.0. The lowest BCUT2D eigenvalue weighted by Gasteiger charge is -2.38. The van der Waals surface area contributed by atoms with Crippen molar-refractivity contribution in [2.75, 3.05) is 39.3 Å². The largest absolute Gasteiger partial charge is 0.340 e. The van der Waals surface area contributed by atoms with E-state index in [1.165, 1.54) is 0 Å². The number of nitrogens with one attached hydrogen (secondary N) is 1. The summed E-state index contributed by atoms with van der Waals surface area (Å²) in [6.45, 7) is 8.31. The van der Waals surface area contributed by atoms with Gasteiger partial charge in [-0.25, -0.2) is 4.98 Å². The average Bonchev–Trinajstić information content (AvgIpc) is 2.73. The van der Waals surface area contributed by atoms with E-state index in [1.807, 2.05) is 11.8 Å². The molecule has 2 aliphatic heterocycles. The number of hydrogen-bond donors (Lipinski definition) is 1. The molecule has 104 valence electrons. The molecule has 1 aromatic rings. The van der Waals surface area contributed by atoms with Crippen LogP contribution in [0.25, 0.3) is 0 Å². The molecule has 0 atom stereocenters. The van der Waals surface area contributed by atoms with Gasteiger partial charge in [0.25, 0.3) is 0 Å². The first kappa shape index (κ1) is 13.0. The highest BCUT2D eigenvalue weighted by Gasteiger charge is 2.31. The fraction of sp³-hybridized carbons (Fsp3) is 0.692. The van der Waals surface area contributed by atoms with E-state index >= 15 is 0 Å². The minimum Gasteiger partial charge on any atom is -0.340 e. The molecule has 2 aliphatic rings. The van der Waals surface area contributed by atoms with Crippen LogP contribution < -0.4 is 5.32 Å². The Balaban J connectivity index is 1.47. The molecule has 6 heteroatoms. The molecule has 19 heavy (non-hydrogen) atoms. The predicted molar refractivity (Wildman–Crippen MR) is 75.1 cm³/mol. The molecule has 3 heterocycles. The Morgan fingerprint density at radius 1 is 1.42 bits per heavy atom. The summed E-state index contributed by atoms with van der Waals surface area (Å²) in [5.41, 5.74) is 1.16. The van der Waals surface area contributed by atoms with Gasteiger partial charge in [-0.2, -0.15) is 0 Å². The first-order valence-corrected chi connectivity index (χ1v) is 7.73. The summed E-state index contributed by atoms with van der Waals surface area (Å²) in [5, 5.41) is 6.42. The fourth-order valence-electron chi connectivity index (χ4n) is 2.56. The van der Waals surface area contributed by atoms with Crippen LogP contribution in [0.4, 0.5) is 0 Å². The van der Waals surface area contributed by atoms with Crippen molar-refractivity contribution >= 4 is 17.2 Å². The van der Waals surface area contributed by atoms with Crippen molar-refractivity contribution in [3.63, 3.8) is 0 Å². The van der Waals surface area contributed by atoms with Gasteiger partial charge in [-0.05, 0) is 6.92 Å². The normalized spacial score (nSPS) is 21.4. The minimum absolute atomic E-state index is 0.229. The van der Waals surface area contributed by atoms with E-state index in [2.05, 4.69) is 20.6 Å². The van der Waals surface area contributed by atoms with Gasteiger partial charge in [-0.1, -0.05) is 0 Å². The van der Waals surface area contributed by atoms with E-state index in [4.69, 9.17) is 0 Å². The summed E-state index contributed by atoms with van der Waals surface area (Å²) in [6.07, 6.45) is 0. The summed E-state index contributed by atoms with van der Waals surface area (Å²) < 4.78 is 0. The van der Waals surface area contributed by atoms with Gasteiger partial charge >= 0.3 is 0 Å². The molecular weight excluding hydrogens is 260 g/mol. The predicted octanol–water partition coefficient (Wildman–Crippen LogP) is 0.315. The van der Waals surface area contributed by atoms with Crippen molar-refractivity contribution in [2.24, 2.45) is 5.92 Å². The Bertz CT molecular complexity index is 449. The molecule has 0 unspecified atom stereocenters. The first-order valence-electron chi connectivity index (χ1n) is 6.85. The molecule has 5 nitrogen and oxygen atoms in total. The van der Waals surface area contributed by atoms with E-state index in [0.717, 1.165) is 56.5 Å². The van der Waals surface area contributed by atoms with E-state index in [-0.39, 0.29) is 5.92 Å². The summed E-state index contributed by atoms with van der Waals surface area (Å²) in [5.74, 6) is 0.565. The Morgan fingerprint density at radius 2 is 2.16 bits per heavy atom. The van der Waals surface area contributed by atoms with Crippen LogP contribution in [-0.2, 0) is 11.3 Å². The number of aromatic nitrogens is 1. The lowest BCUT2D eigenvalue weighted by Crippen LogP contribution is -2.56. The zero-order valence-corrected chi connectivity index (χ0v) is 12.1. The van der Waals surface area contributed by atoms with E-state index < -0.39 is 0 Å². The topological polar surface area (TPSA) is 48.5 Å². The van der Waals surface area contributed by atoms with Crippen molar-refractivity contribution in [1.29, 1.82) is 0 Å². The number of rotatable bonds is 3. The van der Waals surface area contributed by atoms with Gasteiger partial charge < -0.3 is 10.2 Å². The van der Waals surface area contributed by atoms with Crippen molar-refractivity contribution in [3.05, 3.63) is 16.1 Å². The molecule has 2 fully saturated rings. The standard InChI is InChI=1S/C13H20N4OS/c1-10-15-12(9-19-10)8-16-2-4-17(5-3-16)13(18)11-6-14-7-11/h9,11,14H,2-8H2,1H3. The van der Waals surface area contributed by atoms with Crippen molar-refractivity contribution in [3.8, 4) is 0 Å². The molecule has 0 saturated carbocycles. The van der Waals surface area contributed by atoms with E-state index in [0.29, 0.717) is 5.91 Å². The van der Waals surface area contributed by atoms with Crippen LogP contribution in [0.1, 0.15) is 10.7 Å². The van der Waals surface area contributed by atoms with Gasteiger partial charge in [0.2, 0.25) is 5.91 Å². The SMILES string of the molecule is Cc1nc(CN2CCN(C(=O)C3CNC3)CC2)cs1. The number of aryl methyl sites for hydroxylation is 1. The highest BCUT2D eigenvalue weighted by Crippen LogP contribution is 2.14. The summed E-state index contributed by atoms with van der Waals surface area (Å²) in [4.78, 5) is 21.0. The second-order valence-corrected chi connectivity index (χ2v) is 6.38. The smallest absolute Gasteiger partial charge is 0.228 e. The van der Waals surface area contributed by atoms with E-state index in [1.54, 1.807) is 11.3 Å². The van der Waals surface area contributed by atoms with Crippen LogP contribution in [0, 0.1) is 12.8 Å². The quantitative estimate of drug-likeness (QED) is 0.866.